The van der Waals surface area contributed by atoms with Gasteiger partial charge in [-0.1, -0.05) is 19.3 Å². The minimum absolute atomic E-state index is 0. The zero-order valence-electron chi connectivity index (χ0n) is 10.2. The summed E-state index contributed by atoms with van der Waals surface area (Å²) in [5.74, 6) is 1.14. The maximum absolute atomic E-state index is 4.40. The molecule has 2 rings (SSSR count). The van der Waals surface area contributed by atoms with Crippen molar-refractivity contribution >= 4 is 29.9 Å². The molecular formula is C12H24IN3. The molecule has 2 fully saturated rings. The number of rotatable bonds is 1. The Morgan fingerprint density at radius 3 is 2.25 bits per heavy atom. The molecule has 1 aliphatic carbocycles. The zero-order valence-corrected chi connectivity index (χ0v) is 12.6. The van der Waals surface area contributed by atoms with Crippen molar-refractivity contribution in [2.45, 2.75) is 51.0 Å². The van der Waals surface area contributed by atoms with Gasteiger partial charge >= 0.3 is 0 Å². The van der Waals surface area contributed by atoms with E-state index in [1.54, 1.807) is 0 Å². The lowest BCUT2D eigenvalue weighted by Gasteiger charge is -2.28. The molecule has 0 aromatic rings. The number of halogens is 1. The molecule has 1 saturated heterocycles. The van der Waals surface area contributed by atoms with E-state index >= 15 is 0 Å². The fraction of sp³-hybridized carbons (Fsp3) is 0.917. The average molecular weight is 337 g/mol. The van der Waals surface area contributed by atoms with E-state index in [9.17, 15) is 0 Å². The van der Waals surface area contributed by atoms with Crippen LogP contribution in [0.2, 0.25) is 0 Å². The van der Waals surface area contributed by atoms with E-state index in [-0.39, 0.29) is 24.0 Å². The van der Waals surface area contributed by atoms with E-state index < -0.39 is 0 Å². The summed E-state index contributed by atoms with van der Waals surface area (Å²) in [7, 11) is 1.91. The highest BCUT2D eigenvalue weighted by Crippen LogP contribution is 2.18. The van der Waals surface area contributed by atoms with Crippen LogP contribution in [0.5, 0.6) is 0 Å². The first-order valence-electron chi connectivity index (χ1n) is 6.38. The Kier molecular flexibility index (Phi) is 6.46. The second kappa shape index (κ2) is 7.35. The lowest BCUT2D eigenvalue weighted by molar-refractivity contribution is 0.390. The van der Waals surface area contributed by atoms with Crippen LogP contribution in [-0.4, -0.2) is 37.0 Å². The molecule has 1 heterocycles. The summed E-state index contributed by atoms with van der Waals surface area (Å²) in [6.45, 7) is 2.37. The molecule has 0 radical (unpaired) electrons. The monoisotopic (exact) mass is 337 g/mol. The average Bonchev–Trinajstić information content (AvgIpc) is 2.81. The third-order valence-corrected chi connectivity index (χ3v) is 3.56. The van der Waals surface area contributed by atoms with Crippen molar-refractivity contribution in [1.82, 2.24) is 10.2 Å². The third-order valence-electron chi connectivity index (χ3n) is 3.56. The molecule has 0 bridgehead atoms. The van der Waals surface area contributed by atoms with Gasteiger partial charge in [0.05, 0.1) is 0 Å². The number of nitrogens with one attached hydrogen (secondary N) is 1. The molecule has 0 aromatic carbocycles. The number of hydrogen-bond donors (Lipinski definition) is 1. The minimum Gasteiger partial charge on any atom is -0.354 e. The van der Waals surface area contributed by atoms with E-state index in [2.05, 4.69) is 15.2 Å². The van der Waals surface area contributed by atoms with Gasteiger partial charge in [-0.05, 0) is 25.7 Å². The van der Waals surface area contributed by atoms with Gasteiger partial charge in [-0.25, -0.2) is 0 Å². The SMILES string of the molecule is CN=C(NC1CCCCC1)N1CCCC1.I. The normalized spacial score (nSPS) is 23.1. The molecule has 3 nitrogen and oxygen atoms in total. The summed E-state index contributed by atoms with van der Waals surface area (Å²) in [6, 6.07) is 0.679. The second-order valence-corrected chi connectivity index (χ2v) is 4.72. The molecule has 16 heavy (non-hydrogen) atoms. The predicted octanol–water partition coefficient (Wildman–Crippen LogP) is 2.61. The van der Waals surface area contributed by atoms with E-state index in [0.29, 0.717) is 6.04 Å². The van der Waals surface area contributed by atoms with Gasteiger partial charge in [-0.15, -0.1) is 24.0 Å². The van der Waals surface area contributed by atoms with Crippen molar-refractivity contribution in [3.63, 3.8) is 0 Å². The standard InChI is InChI=1S/C12H23N3.HI/c1-13-12(15-9-5-6-10-15)14-11-7-3-2-4-8-11;/h11H,2-10H2,1H3,(H,13,14);1H. The Bertz CT molecular complexity index is 218. The van der Waals surface area contributed by atoms with Gasteiger partial charge in [0.2, 0.25) is 0 Å². The predicted molar refractivity (Wildman–Crippen MR) is 79.6 cm³/mol. The number of hydrogen-bond acceptors (Lipinski definition) is 1. The van der Waals surface area contributed by atoms with Crippen LogP contribution in [0.3, 0.4) is 0 Å². The fourth-order valence-electron chi connectivity index (χ4n) is 2.66. The van der Waals surface area contributed by atoms with Gasteiger partial charge in [-0.3, -0.25) is 4.99 Å². The van der Waals surface area contributed by atoms with Crippen LogP contribution in [0.1, 0.15) is 44.9 Å². The summed E-state index contributed by atoms with van der Waals surface area (Å²) < 4.78 is 0. The Labute approximate surface area is 116 Å². The highest BCUT2D eigenvalue weighted by atomic mass is 127. The first-order valence-corrected chi connectivity index (χ1v) is 6.38. The molecule has 0 aromatic heterocycles. The number of nitrogens with zero attached hydrogens (tertiary/aromatic N) is 2. The summed E-state index contributed by atoms with van der Waals surface area (Å²) in [6.07, 6.45) is 9.49. The Morgan fingerprint density at radius 2 is 1.69 bits per heavy atom. The second-order valence-electron chi connectivity index (χ2n) is 4.72. The van der Waals surface area contributed by atoms with Crippen LogP contribution in [0.15, 0.2) is 4.99 Å². The maximum atomic E-state index is 4.40. The van der Waals surface area contributed by atoms with Crippen molar-refractivity contribution < 1.29 is 0 Å². The van der Waals surface area contributed by atoms with Crippen LogP contribution < -0.4 is 5.32 Å². The van der Waals surface area contributed by atoms with E-state index in [1.165, 1.54) is 58.0 Å². The van der Waals surface area contributed by atoms with E-state index in [4.69, 9.17) is 0 Å². The molecule has 2 aliphatic rings. The smallest absolute Gasteiger partial charge is 0.193 e. The first-order chi connectivity index (χ1) is 7.40. The van der Waals surface area contributed by atoms with Crippen LogP contribution in [0.25, 0.3) is 0 Å². The minimum atomic E-state index is 0. The first kappa shape index (κ1) is 14.1. The molecule has 0 unspecified atom stereocenters. The Morgan fingerprint density at radius 1 is 1.06 bits per heavy atom. The molecule has 1 N–H and O–H groups in total. The highest BCUT2D eigenvalue weighted by Gasteiger charge is 2.20. The molecule has 0 atom stereocenters. The maximum Gasteiger partial charge on any atom is 0.193 e. The van der Waals surface area contributed by atoms with Gasteiger partial charge < -0.3 is 10.2 Å². The van der Waals surface area contributed by atoms with Crippen molar-refractivity contribution in [2.75, 3.05) is 20.1 Å². The highest BCUT2D eigenvalue weighted by molar-refractivity contribution is 14.0. The van der Waals surface area contributed by atoms with Gasteiger partial charge in [0.25, 0.3) is 0 Å². The van der Waals surface area contributed by atoms with Gasteiger partial charge in [0, 0.05) is 26.2 Å². The molecule has 4 heteroatoms. The lowest BCUT2D eigenvalue weighted by Crippen LogP contribution is -2.45. The van der Waals surface area contributed by atoms with Gasteiger partial charge in [0.15, 0.2) is 5.96 Å². The molecular weight excluding hydrogens is 313 g/mol. The van der Waals surface area contributed by atoms with Gasteiger partial charge in [-0.2, -0.15) is 0 Å². The van der Waals surface area contributed by atoms with Crippen molar-refractivity contribution in [3.05, 3.63) is 0 Å². The number of aliphatic imine (C=N–C) groups is 1. The fourth-order valence-corrected chi connectivity index (χ4v) is 2.66. The van der Waals surface area contributed by atoms with E-state index in [1.807, 2.05) is 7.05 Å². The molecule has 94 valence electrons. The largest absolute Gasteiger partial charge is 0.354 e. The number of likely N-dealkylation sites (tertiary alicyclic amines) is 1. The summed E-state index contributed by atoms with van der Waals surface area (Å²) >= 11 is 0. The van der Waals surface area contributed by atoms with Crippen molar-refractivity contribution in [2.24, 2.45) is 4.99 Å². The third kappa shape index (κ3) is 3.79. The Balaban J connectivity index is 0.00000128. The summed E-state index contributed by atoms with van der Waals surface area (Å²) in [5.41, 5.74) is 0. The van der Waals surface area contributed by atoms with Crippen LogP contribution in [-0.2, 0) is 0 Å². The Hall–Kier alpha value is 0. The molecule has 0 spiro atoms. The summed E-state index contributed by atoms with van der Waals surface area (Å²) in [4.78, 5) is 6.79. The van der Waals surface area contributed by atoms with E-state index in [0.717, 1.165) is 5.96 Å². The number of guanidine groups is 1. The van der Waals surface area contributed by atoms with Crippen LogP contribution in [0, 0.1) is 0 Å². The van der Waals surface area contributed by atoms with Crippen molar-refractivity contribution in [3.8, 4) is 0 Å². The summed E-state index contributed by atoms with van der Waals surface area (Å²) in [5, 5.41) is 3.62. The van der Waals surface area contributed by atoms with Crippen LogP contribution in [0.4, 0.5) is 0 Å². The zero-order chi connectivity index (χ0) is 10.5. The molecule has 1 aliphatic heterocycles. The topological polar surface area (TPSA) is 27.6 Å². The lowest BCUT2D eigenvalue weighted by atomic mass is 9.96. The molecule has 0 amide bonds. The van der Waals surface area contributed by atoms with Crippen LogP contribution >= 0.6 is 24.0 Å². The molecule has 1 saturated carbocycles. The van der Waals surface area contributed by atoms with Gasteiger partial charge in [0.1, 0.15) is 0 Å². The quantitative estimate of drug-likeness (QED) is 0.453. The van der Waals surface area contributed by atoms with Crippen molar-refractivity contribution in [1.29, 1.82) is 0 Å².